The summed E-state index contributed by atoms with van der Waals surface area (Å²) in [6.45, 7) is 4.63. The number of hydrogen-bond donors (Lipinski definition) is 0. The van der Waals surface area contributed by atoms with Gasteiger partial charge in [-0.05, 0) is 36.6 Å². The fourth-order valence-electron chi connectivity index (χ4n) is 2.41. The van der Waals surface area contributed by atoms with Crippen LogP contribution in [0.1, 0.15) is 49.8 Å². The molecule has 0 saturated carbocycles. The van der Waals surface area contributed by atoms with Gasteiger partial charge in [-0.25, -0.2) is 4.79 Å². The van der Waals surface area contributed by atoms with E-state index in [0.717, 1.165) is 29.7 Å². The number of hydrogen-bond acceptors (Lipinski definition) is 4. The molecule has 0 N–H and O–H groups in total. The second-order valence-electron chi connectivity index (χ2n) is 5.43. The third-order valence-electron chi connectivity index (χ3n) is 3.71. The van der Waals surface area contributed by atoms with E-state index in [0.29, 0.717) is 6.61 Å². The minimum absolute atomic E-state index is 0.169. The summed E-state index contributed by atoms with van der Waals surface area (Å²) in [5.41, 5.74) is 2.04. The summed E-state index contributed by atoms with van der Waals surface area (Å²) in [5.74, 6) is 0.597. The maximum absolute atomic E-state index is 11.9. The fourth-order valence-corrected chi connectivity index (χ4v) is 2.41. The van der Waals surface area contributed by atoms with Crippen molar-refractivity contribution >= 4 is 5.97 Å². The van der Waals surface area contributed by atoms with E-state index in [4.69, 9.17) is 14.2 Å². The van der Waals surface area contributed by atoms with Crippen molar-refractivity contribution in [2.24, 2.45) is 0 Å². The van der Waals surface area contributed by atoms with Gasteiger partial charge in [0.05, 0.1) is 13.7 Å². The van der Waals surface area contributed by atoms with E-state index >= 15 is 0 Å². The van der Waals surface area contributed by atoms with Gasteiger partial charge < -0.3 is 14.2 Å². The molecule has 0 aromatic heterocycles. The Balaban J connectivity index is 1.78. The van der Waals surface area contributed by atoms with E-state index in [1.165, 1.54) is 12.8 Å². The third kappa shape index (κ3) is 4.21. The van der Waals surface area contributed by atoms with Crippen LogP contribution in [0, 0.1) is 6.92 Å². The van der Waals surface area contributed by atoms with Gasteiger partial charge in [0.25, 0.3) is 0 Å². The predicted molar refractivity (Wildman–Crippen MR) is 80.4 cm³/mol. The molecule has 1 saturated heterocycles. The Bertz CT molecular complexity index is 484. The van der Waals surface area contributed by atoms with E-state index in [-0.39, 0.29) is 12.1 Å². The highest BCUT2D eigenvalue weighted by atomic mass is 16.6. The number of epoxide rings is 1. The van der Waals surface area contributed by atoms with Gasteiger partial charge in [-0.1, -0.05) is 32.3 Å². The molecule has 0 aliphatic carbocycles. The molecule has 1 heterocycles. The quantitative estimate of drug-likeness (QED) is 0.417. The predicted octanol–water partition coefficient (Wildman–Crippen LogP) is 3.57. The molecule has 2 rings (SSSR count). The number of rotatable bonds is 8. The number of carbonyl (C=O) groups is 1. The molecule has 4 nitrogen and oxygen atoms in total. The number of esters is 1. The van der Waals surface area contributed by atoms with Crippen molar-refractivity contribution in [2.45, 2.75) is 51.7 Å². The minimum Gasteiger partial charge on any atom is -0.496 e. The summed E-state index contributed by atoms with van der Waals surface area (Å²) < 4.78 is 15.9. The first-order valence-corrected chi connectivity index (χ1v) is 7.64. The topological polar surface area (TPSA) is 48.1 Å². The van der Waals surface area contributed by atoms with E-state index < -0.39 is 6.10 Å². The average molecular weight is 292 g/mol. The SMILES string of the molecule is CCCCCCOC(=O)C1OC1c1ccc(OC)c(C)c1. The summed E-state index contributed by atoms with van der Waals surface area (Å²) in [4.78, 5) is 11.9. The summed E-state index contributed by atoms with van der Waals surface area (Å²) in [7, 11) is 1.65. The van der Waals surface area contributed by atoms with E-state index in [1.54, 1.807) is 7.11 Å². The van der Waals surface area contributed by atoms with Crippen LogP contribution in [0.15, 0.2) is 18.2 Å². The molecule has 2 atom stereocenters. The van der Waals surface area contributed by atoms with Gasteiger partial charge in [-0.3, -0.25) is 0 Å². The first-order chi connectivity index (χ1) is 10.2. The maximum Gasteiger partial charge on any atom is 0.338 e. The highest BCUT2D eigenvalue weighted by Crippen LogP contribution is 2.40. The summed E-state index contributed by atoms with van der Waals surface area (Å²) in [5, 5.41) is 0. The average Bonchev–Trinajstić information content (AvgIpc) is 3.27. The Morgan fingerprint density at radius 1 is 1.29 bits per heavy atom. The molecule has 1 aromatic rings. The van der Waals surface area contributed by atoms with Gasteiger partial charge in [0.2, 0.25) is 0 Å². The second-order valence-corrected chi connectivity index (χ2v) is 5.43. The molecule has 2 unspecified atom stereocenters. The van der Waals surface area contributed by atoms with Gasteiger partial charge in [0, 0.05) is 0 Å². The number of benzene rings is 1. The lowest BCUT2D eigenvalue weighted by molar-refractivity contribution is -0.145. The molecule has 1 aromatic carbocycles. The summed E-state index contributed by atoms with van der Waals surface area (Å²) >= 11 is 0. The first-order valence-electron chi connectivity index (χ1n) is 7.64. The Morgan fingerprint density at radius 2 is 2.10 bits per heavy atom. The smallest absolute Gasteiger partial charge is 0.338 e. The lowest BCUT2D eigenvalue weighted by atomic mass is 10.1. The molecule has 116 valence electrons. The van der Waals surface area contributed by atoms with Crippen LogP contribution in [-0.2, 0) is 14.3 Å². The van der Waals surface area contributed by atoms with Gasteiger partial charge in [-0.2, -0.15) is 0 Å². The van der Waals surface area contributed by atoms with Crippen molar-refractivity contribution in [3.63, 3.8) is 0 Å². The number of unbranched alkanes of at least 4 members (excludes halogenated alkanes) is 3. The normalized spacial score (nSPS) is 20.1. The molecule has 0 radical (unpaired) electrons. The molecule has 0 spiro atoms. The van der Waals surface area contributed by atoms with Crippen molar-refractivity contribution in [2.75, 3.05) is 13.7 Å². The van der Waals surface area contributed by atoms with Crippen LogP contribution in [0.3, 0.4) is 0 Å². The van der Waals surface area contributed by atoms with Crippen LogP contribution in [0.25, 0.3) is 0 Å². The van der Waals surface area contributed by atoms with Crippen molar-refractivity contribution in [3.8, 4) is 5.75 Å². The lowest BCUT2D eigenvalue weighted by Crippen LogP contribution is -2.13. The number of methoxy groups -OCH3 is 1. The molecule has 0 amide bonds. The molecule has 21 heavy (non-hydrogen) atoms. The van der Waals surface area contributed by atoms with Gasteiger partial charge in [0.1, 0.15) is 11.9 Å². The van der Waals surface area contributed by atoms with Crippen LogP contribution in [0.4, 0.5) is 0 Å². The molecule has 4 heteroatoms. The van der Waals surface area contributed by atoms with Gasteiger partial charge in [-0.15, -0.1) is 0 Å². The number of carbonyl (C=O) groups excluding carboxylic acids is 1. The van der Waals surface area contributed by atoms with Crippen molar-refractivity contribution in [3.05, 3.63) is 29.3 Å². The zero-order chi connectivity index (χ0) is 15.2. The molecular formula is C17H24O4. The maximum atomic E-state index is 11.9. The summed E-state index contributed by atoms with van der Waals surface area (Å²) in [6.07, 6.45) is 3.79. The Hall–Kier alpha value is -1.55. The summed E-state index contributed by atoms with van der Waals surface area (Å²) in [6, 6.07) is 5.84. The van der Waals surface area contributed by atoms with Gasteiger partial charge in [0.15, 0.2) is 6.10 Å². The monoisotopic (exact) mass is 292 g/mol. The van der Waals surface area contributed by atoms with E-state index in [9.17, 15) is 4.79 Å². The zero-order valence-corrected chi connectivity index (χ0v) is 13.1. The highest BCUT2D eigenvalue weighted by Gasteiger charge is 2.47. The van der Waals surface area contributed by atoms with Gasteiger partial charge >= 0.3 is 5.97 Å². The minimum atomic E-state index is -0.441. The Kier molecular flexibility index (Phi) is 5.62. The highest BCUT2D eigenvalue weighted by molar-refractivity contribution is 5.78. The molecule has 1 aliphatic heterocycles. The third-order valence-corrected chi connectivity index (χ3v) is 3.71. The first kappa shape index (κ1) is 15.8. The molecule has 1 aliphatic rings. The van der Waals surface area contributed by atoms with Crippen molar-refractivity contribution in [1.29, 1.82) is 0 Å². The fraction of sp³-hybridized carbons (Fsp3) is 0.588. The largest absolute Gasteiger partial charge is 0.496 e. The standard InChI is InChI=1S/C17H24O4/c1-4-5-6-7-10-20-17(18)16-15(21-16)13-8-9-14(19-3)12(2)11-13/h8-9,11,15-16H,4-7,10H2,1-3H3. The van der Waals surface area contributed by atoms with Crippen LogP contribution < -0.4 is 4.74 Å². The van der Waals surface area contributed by atoms with Crippen molar-refractivity contribution < 1.29 is 19.0 Å². The number of aryl methyl sites for hydroxylation is 1. The lowest BCUT2D eigenvalue weighted by Gasteiger charge is -2.05. The number of ether oxygens (including phenoxy) is 3. The van der Waals surface area contributed by atoms with Crippen LogP contribution >= 0.6 is 0 Å². The van der Waals surface area contributed by atoms with E-state index in [1.807, 2.05) is 25.1 Å². The Labute approximate surface area is 126 Å². The van der Waals surface area contributed by atoms with Crippen LogP contribution in [-0.4, -0.2) is 25.8 Å². The van der Waals surface area contributed by atoms with Crippen molar-refractivity contribution in [1.82, 2.24) is 0 Å². The molecule has 0 bridgehead atoms. The molecule has 1 fully saturated rings. The van der Waals surface area contributed by atoms with Crippen LogP contribution in [0.2, 0.25) is 0 Å². The Morgan fingerprint density at radius 3 is 2.76 bits per heavy atom. The molecular weight excluding hydrogens is 268 g/mol. The van der Waals surface area contributed by atoms with E-state index in [2.05, 4.69) is 6.92 Å². The zero-order valence-electron chi connectivity index (χ0n) is 13.1. The van der Waals surface area contributed by atoms with Crippen LogP contribution in [0.5, 0.6) is 5.75 Å². The second kappa shape index (κ2) is 7.46.